The number of nitrogens with zero attached hydrogens (tertiary/aromatic N) is 2. The minimum atomic E-state index is -0.101. The van der Waals surface area contributed by atoms with Crippen LogP contribution in [0.25, 0.3) is 0 Å². The Balaban J connectivity index is 1.30. The Kier molecular flexibility index (Phi) is 6.13. The van der Waals surface area contributed by atoms with Crippen LogP contribution in [0.5, 0.6) is 5.75 Å². The number of thiazole rings is 1. The van der Waals surface area contributed by atoms with Crippen molar-refractivity contribution in [1.82, 2.24) is 15.2 Å². The molecule has 6 nitrogen and oxygen atoms in total. The van der Waals surface area contributed by atoms with Gasteiger partial charge in [-0.1, -0.05) is 0 Å². The molecule has 2 heterocycles. The average Bonchev–Trinajstić information content (AvgIpc) is 3.50. The van der Waals surface area contributed by atoms with Gasteiger partial charge in [0.15, 0.2) is 0 Å². The van der Waals surface area contributed by atoms with E-state index in [1.54, 1.807) is 28.4 Å². The Morgan fingerprint density at radius 2 is 2.03 bits per heavy atom. The van der Waals surface area contributed by atoms with Crippen molar-refractivity contribution in [3.63, 3.8) is 0 Å². The molecular formula is C22H27N3O3S. The average molecular weight is 414 g/mol. The van der Waals surface area contributed by atoms with Crippen LogP contribution in [0.4, 0.5) is 0 Å². The number of amides is 2. The second-order valence-electron chi connectivity index (χ2n) is 7.95. The maximum absolute atomic E-state index is 12.9. The van der Waals surface area contributed by atoms with Gasteiger partial charge in [0.05, 0.1) is 16.6 Å². The van der Waals surface area contributed by atoms with Crippen LogP contribution in [0, 0.1) is 18.8 Å². The first kappa shape index (κ1) is 19.9. The van der Waals surface area contributed by atoms with Crippen molar-refractivity contribution in [1.29, 1.82) is 0 Å². The first-order valence-corrected chi connectivity index (χ1v) is 11.2. The molecule has 2 aliphatic rings. The second-order valence-corrected chi connectivity index (χ2v) is 9.01. The van der Waals surface area contributed by atoms with Gasteiger partial charge in [0.1, 0.15) is 12.4 Å². The number of aryl methyl sites for hydroxylation is 1. The summed E-state index contributed by atoms with van der Waals surface area (Å²) in [5, 5.41) is 6.06. The van der Waals surface area contributed by atoms with Crippen LogP contribution in [0.3, 0.4) is 0 Å². The molecule has 1 unspecified atom stereocenters. The van der Waals surface area contributed by atoms with Gasteiger partial charge in [-0.15, -0.1) is 11.3 Å². The lowest BCUT2D eigenvalue weighted by Crippen LogP contribution is -2.45. The molecule has 1 aliphatic heterocycles. The predicted octanol–water partition coefficient (Wildman–Crippen LogP) is 3.41. The lowest BCUT2D eigenvalue weighted by Gasteiger charge is -2.32. The van der Waals surface area contributed by atoms with E-state index in [9.17, 15) is 9.59 Å². The lowest BCUT2D eigenvalue weighted by molar-refractivity contribution is -0.126. The summed E-state index contributed by atoms with van der Waals surface area (Å²) in [6.45, 7) is 4.37. The van der Waals surface area contributed by atoms with Crippen LogP contribution in [0.2, 0.25) is 0 Å². The van der Waals surface area contributed by atoms with E-state index in [1.807, 2.05) is 24.4 Å². The van der Waals surface area contributed by atoms with Gasteiger partial charge in [0.25, 0.3) is 5.91 Å². The fraction of sp³-hybridized carbons (Fsp3) is 0.500. The van der Waals surface area contributed by atoms with Crippen LogP contribution >= 0.6 is 11.3 Å². The summed E-state index contributed by atoms with van der Waals surface area (Å²) < 4.78 is 5.75. The Morgan fingerprint density at radius 3 is 2.72 bits per heavy atom. The molecule has 1 aliphatic carbocycles. The number of likely N-dealkylation sites (tertiary alicyclic amines) is 1. The molecule has 4 rings (SSSR count). The quantitative estimate of drug-likeness (QED) is 0.755. The fourth-order valence-electron chi connectivity index (χ4n) is 3.59. The Hall–Kier alpha value is -2.41. The summed E-state index contributed by atoms with van der Waals surface area (Å²) in [5.74, 6) is 1.35. The number of carbonyl (C=O) groups excluding carboxylic acids is 2. The summed E-state index contributed by atoms with van der Waals surface area (Å²) in [6, 6.07) is 7.22. The van der Waals surface area contributed by atoms with Gasteiger partial charge in [-0.3, -0.25) is 9.59 Å². The Bertz CT molecular complexity index is 860. The van der Waals surface area contributed by atoms with Crippen molar-refractivity contribution in [2.24, 2.45) is 11.8 Å². The first-order valence-electron chi connectivity index (χ1n) is 10.3. The van der Waals surface area contributed by atoms with E-state index in [2.05, 4.69) is 10.3 Å². The number of carbonyl (C=O) groups is 2. The van der Waals surface area contributed by atoms with E-state index in [-0.39, 0.29) is 17.7 Å². The van der Waals surface area contributed by atoms with Crippen LogP contribution in [0.15, 0.2) is 29.6 Å². The van der Waals surface area contributed by atoms with Gasteiger partial charge in [0.2, 0.25) is 5.91 Å². The monoisotopic (exact) mass is 413 g/mol. The molecule has 1 saturated carbocycles. The van der Waals surface area contributed by atoms with Crippen molar-refractivity contribution >= 4 is 23.2 Å². The third-order valence-corrected chi connectivity index (χ3v) is 6.32. The molecule has 2 amide bonds. The van der Waals surface area contributed by atoms with Crippen molar-refractivity contribution in [2.75, 3.05) is 19.6 Å². The summed E-state index contributed by atoms with van der Waals surface area (Å²) >= 11 is 1.60. The van der Waals surface area contributed by atoms with E-state index >= 15 is 0 Å². The van der Waals surface area contributed by atoms with Gasteiger partial charge in [-0.25, -0.2) is 4.98 Å². The first-order chi connectivity index (χ1) is 14.1. The van der Waals surface area contributed by atoms with Crippen molar-refractivity contribution in [3.05, 3.63) is 45.9 Å². The van der Waals surface area contributed by atoms with E-state index in [4.69, 9.17) is 4.74 Å². The number of rotatable bonds is 7. The minimum absolute atomic E-state index is 0.0219. The number of benzene rings is 1. The van der Waals surface area contributed by atoms with Gasteiger partial charge in [-0.05, 0) is 62.8 Å². The minimum Gasteiger partial charge on any atom is -0.487 e. The number of piperidine rings is 1. The normalized spacial score (nSPS) is 19.1. The summed E-state index contributed by atoms with van der Waals surface area (Å²) in [4.78, 5) is 31.5. The van der Waals surface area contributed by atoms with Crippen molar-refractivity contribution in [3.8, 4) is 5.75 Å². The fourth-order valence-corrected chi connectivity index (χ4v) is 4.19. The van der Waals surface area contributed by atoms with Gasteiger partial charge >= 0.3 is 0 Å². The Labute approximate surface area is 175 Å². The number of hydrogen-bond acceptors (Lipinski definition) is 5. The van der Waals surface area contributed by atoms with Crippen LogP contribution in [-0.2, 0) is 11.4 Å². The highest BCUT2D eigenvalue weighted by molar-refractivity contribution is 7.09. The second kappa shape index (κ2) is 8.95. The highest BCUT2D eigenvalue weighted by Crippen LogP contribution is 2.28. The van der Waals surface area contributed by atoms with E-state index in [1.165, 1.54) is 12.8 Å². The van der Waals surface area contributed by atoms with Crippen LogP contribution < -0.4 is 10.1 Å². The third kappa shape index (κ3) is 5.35. The smallest absolute Gasteiger partial charge is 0.253 e. The standard InChI is InChI=1S/C22H27N3O3S/c1-15-24-19(14-29-15)13-28-20-8-6-17(7-9-20)22(27)25-10-2-3-18(12-25)21(26)23-11-16-4-5-16/h6-9,14,16,18H,2-5,10-13H2,1H3,(H,23,26). The molecule has 1 saturated heterocycles. The van der Waals surface area contributed by atoms with E-state index < -0.39 is 0 Å². The molecule has 1 aromatic carbocycles. The zero-order valence-electron chi connectivity index (χ0n) is 16.7. The molecule has 2 aromatic rings. The SMILES string of the molecule is Cc1nc(COc2ccc(C(=O)N3CCCC(C(=O)NCC4CC4)C3)cc2)cs1. The molecule has 0 spiro atoms. The zero-order chi connectivity index (χ0) is 20.2. The number of aromatic nitrogens is 1. The molecule has 7 heteroatoms. The van der Waals surface area contributed by atoms with Gasteiger partial charge < -0.3 is 15.0 Å². The maximum atomic E-state index is 12.9. The Morgan fingerprint density at radius 1 is 1.24 bits per heavy atom. The number of ether oxygens (including phenoxy) is 1. The summed E-state index contributed by atoms with van der Waals surface area (Å²) in [6.07, 6.45) is 4.15. The van der Waals surface area contributed by atoms with E-state index in [0.29, 0.717) is 36.9 Å². The van der Waals surface area contributed by atoms with Crippen LogP contribution in [-0.4, -0.2) is 41.3 Å². The van der Waals surface area contributed by atoms with Gasteiger partial charge in [-0.2, -0.15) is 0 Å². The van der Waals surface area contributed by atoms with Crippen molar-refractivity contribution in [2.45, 2.75) is 39.2 Å². The predicted molar refractivity (Wildman–Crippen MR) is 112 cm³/mol. The van der Waals surface area contributed by atoms with Crippen LogP contribution in [0.1, 0.15) is 46.7 Å². The molecule has 1 aromatic heterocycles. The van der Waals surface area contributed by atoms with E-state index in [0.717, 1.165) is 30.1 Å². The molecule has 2 fully saturated rings. The molecular weight excluding hydrogens is 386 g/mol. The lowest BCUT2D eigenvalue weighted by atomic mass is 9.96. The molecule has 0 radical (unpaired) electrons. The maximum Gasteiger partial charge on any atom is 0.253 e. The largest absolute Gasteiger partial charge is 0.487 e. The third-order valence-electron chi connectivity index (χ3n) is 5.50. The topological polar surface area (TPSA) is 71.5 Å². The molecule has 0 bridgehead atoms. The summed E-state index contributed by atoms with van der Waals surface area (Å²) in [5.41, 5.74) is 1.54. The highest BCUT2D eigenvalue weighted by Gasteiger charge is 2.30. The molecule has 1 N–H and O–H groups in total. The molecule has 1 atom stereocenters. The molecule has 29 heavy (non-hydrogen) atoms. The number of nitrogens with one attached hydrogen (secondary N) is 1. The number of hydrogen-bond donors (Lipinski definition) is 1. The zero-order valence-corrected chi connectivity index (χ0v) is 17.5. The summed E-state index contributed by atoms with van der Waals surface area (Å²) in [7, 11) is 0. The van der Waals surface area contributed by atoms with Crippen molar-refractivity contribution < 1.29 is 14.3 Å². The molecule has 154 valence electrons. The van der Waals surface area contributed by atoms with Gasteiger partial charge in [0, 0.05) is 30.6 Å². The highest BCUT2D eigenvalue weighted by atomic mass is 32.1.